The standard InChI is InChI=1S/C17H11BrF3N/c1-10-2-4-11(5-3-10)16-9-14(17(19,20)21)13-8-12(18)6-7-15(13)22-16/h2-9H,1H3. The molecule has 0 radical (unpaired) electrons. The van der Waals surface area contributed by atoms with Crippen LogP contribution in [0.2, 0.25) is 0 Å². The zero-order chi connectivity index (χ0) is 15.9. The van der Waals surface area contributed by atoms with Crippen LogP contribution in [0.5, 0.6) is 0 Å². The molecule has 0 saturated heterocycles. The van der Waals surface area contributed by atoms with E-state index in [2.05, 4.69) is 20.9 Å². The average molecular weight is 366 g/mol. The molecule has 0 aliphatic heterocycles. The molecule has 0 amide bonds. The summed E-state index contributed by atoms with van der Waals surface area (Å²) in [6.45, 7) is 1.93. The van der Waals surface area contributed by atoms with Crippen molar-refractivity contribution in [2.24, 2.45) is 0 Å². The van der Waals surface area contributed by atoms with Gasteiger partial charge >= 0.3 is 6.18 Å². The Balaban J connectivity index is 2.29. The highest BCUT2D eigenvalue weighted by atomic mass is 79.9. The van der Waals surface area contributed by atoms with E-state index in [0.717, 1.165) is 11.6 Å². The zero-order valence-corrected chi connectivity index (χ0v) is 13.2. The molecule has 1 heterocycles. The van der Waals surface area contributed by atoms with Gasteiger partial charge in [-0.1, -0.05) is 45.8 Å². The monoisotopic (exact) mass is 365 g/mol. The largest absolute Gasteiger partial charge is 0.417 e. The highest BCUT2D eigenvalue weighted by Gasteiger charge is 2.33. The topological polar surface area (TPSA) is 12.9 Å². The van der Waals surface area contributed by atoms with E-state index < -0.39 is 11.7 Å². The normalized spacial score (nSPS) is 11.9. The molecule has 1 aromatic heterocycles. The van der Waals surface area contributed by atoms with Crippen LogP contribution < -0.4 is 0 Å². The minimum absolute atomic E-state index is 0.0951. The van der Waals surface area contributed by atoms with Crippen molar-refractivity contribution < 1.29 is 13.2 Å². The fourth-order valence-electron chi connectivity index (χ4n) is 2.30. The Morgan fingerprint density at radius 2 is 1.64 bits per heavy atom. The first-order chi connectivity index (χ1) is 10.3. The van der Waals surface area contributed by atoms with Crippen LogP contribution in [0.3, 0.4) is 0 Å². The first kappa shape index (κ1) is 15.0. The maximum atomic E-state index is 13.4. The van der Waals surface area contributed by atoms with Crippen LogP contribution >= 0.6 is 15.9 Å². The lowest BCUT2D eigenvalue weighted by Gasteiger charge is -2.13. The number of pyridine rings is 1. The lowest BCUT2D eigenvalue weighted by Crippen LogP contribution is -2.07. The quantitative estimate of drug-likeness (QED) is 0.515. The van der Waals surface area contributed by atoms with Gasteiger partial charge in [-0.25, -0.2) is 4.98 Å². The Morgan fingerprint density at radius 1 is 0.955 bits per heavy atom. The number of hydrogen-bond donors (Lipinski definition) is 0. The van der Waals surface area contributed by atoms with Gasteiger partial charge < -0.3 is 0 Å². The molecule has 0 saturated carbocycles. The minimum Gasteiger partial charge on any atom is -0.248 e. The molecular formula is C17H11BrF3N. The highest BCUT2D eigenvalue weighted by molar-refractivity contribution is 9.10. The Labute approximate surface area is 133 Å². The molecule has 0 fully saturated rings. The summed E-state index contributed by atoms with van der Waals surface area (Å²) in [5, 5.41) is 0.0951. The molecule has 0 N–H and O–H groups in total. The van der Waals surface area contributed by atoms with E-state index in [-0.39, 0.29) is 5.39 Å². The number of aromatic nitrogens is 1. The maximum Gasteiger partial charge on any atom is 0.417 e. The van der Waals surface area contributed by atoms with E-state index in [1.807, 2.05) is 19.1 Å². The van der Waals surface area contributed by atoms with Crippen molar-refractivity contribution in [2.75, 3.05) is 0 Å². The Kier molecular flexibility index (Phi) is 3.68. The van der Waals surface area contributed by atoms with Crippen LogP contribution in [0.15, 0.2) is 53.0 Å². The molecule has 0 spiro atoms. The van der Waals surface area contributed by atoms with Gasteiger partial charge in [0.25, 0.3) is 0 Å². The molecule has 0 aliphatic rings. The smallest absolute Gasteiger partial charge is 0.248 e. The van der Waals surface area contributed by atoms with Crippen molar-refractivity contribution in [1.82, 2.24) is 4.98 Å². The predicted octanol–water partition coefficient (Wildman–Crippen LogP) is 5.99. The Morgan fingerprint density at radius 3 is 2.27 bits per heavy atom. The van der Waals surface area contributed by atoms with Crippen LogP contribution in [0.25, 0.3) is 22.2 Å². The van der Waals surface area contributed by atoms with Crippen molar-refractivity contribution in [3.05, 3.63) is 64.1 Å². The third-order valence-corrected chi connectivity index (χ3v) is 3.92. The van der Waals surface area contributed by atoms with Crippen molar-refractivity contribution in [3.63, 3.8) is 0 Å². The third-order valence-electron chi connectivity index (χ3n) is 3.42. The summed E-state index contributed by atoms with van der Waals surface area (Å²) in [5.41, 5.74) is 1.69. The summed E-state index contributed by atoms with van der Waals surface area (Å²) >= 11 is 3.21. The van der Waals surface area contributed by atoms with Crippen molar-refractivity contribution in [2.45, 2.75) is 13.1 Å². The van der Waals surface area contributed by atoms with Crippen LogP contribution in [0, 0.1) is 6.92 Å². The van der Waals surface area contributed by atoms with Gasteiger partial charge in [0.2, 0.25) is 0 Å². The number of hydrogen-bond acceptors (Lipinski definition) is 1. The number of nitrogens with zero attached hydrogens (tertiary/aromatic N) is 1. The molecule has 112 valence electrons. The molecule has 0 atom stereocenters. The molecule has 5 heteroatoms. The van der Waals surface area contributed by atoms with Crippen LogP contribution in [0.4, 0.5) is 13.2 Å². The van der Waals surface area contributed by atoms with Gasteiger partial charge in [-0.2, -0.15) is 13.2 Å². The van der Waals surface area contributed by atoms with E-state index in [4.69, 9.17) is 0 Å². The molecule has 0 unspecified atom stereocenters. The minimum atomic E-state index is -4.43. The molecular weight excluding hydrogens is 355 g/mol. The van der Waals surface area contributed by atoms with Crippen molar-refractivity contribution in [3.8, 4) is 11.3 Å². The molecule has 3 aromatic rings. The summed E-state index contributed by atoms with van der Waals surface area (Å²) in [6, 6.07) is 13.1. The summed E-state index contributed by atoms with van der Waals surface area (Å²) < 4.78 is 40.7. The number of alkyl halides is 3. The fraction of sp³-hybridized carbons (Fsp3) is 0.118. The summed E-state index contributed by atoms with van der Waals surface area (Å²) in [7, 11) is 0. The Hall–Kier alpha value is -1.88. The van der Waals surface area contributed by atoms with Crippen LogP contribution in [0.1, 0.15) is 11.1 Å². The highest BCUT2D eigenvalue weighted by Crippen LogP contribution is 2.37. The van der Waals surface area contributed by atoms with Crippen LogP contribution in [-0.4, -0.2) is 4.98 Å². The SMILES string of the molecule is Cc1ccc(-c2cc(C(F)(F)F)c3cc(Br)ccc3n2)cc1. The second-order valence-corrected chi connectivity index (χ2v) is 6.00. The van der Waals surface area contributed by atoms with Gasteiger partial charge in [0.15, 0.2) is 0 Å². The lowest BCUT2D eigenvalue weighted by atomic mass is 10.0. The fourth-order valence-corrected chi connectivity index (χ4v) is 2.67. The zero-order valence-electron chi connectivity index (χ0n) is 11.6. The predicted molar refractivity (Wildman–Crippen MR) is 84.6 cm³/mol. The van der Waals surface area contributed by atoms with Gasteiger partial charge in [0, 0.05) is 15.4 Å². The number of fused-ring (bicyclic) bond motifs is 1. The molecule has 2 aromatic carbocycles. The Bertz CT molecular complexity index is 839. The molecule has 3 rings (SSSR count). The number of rotatable bonds is 1. The van der Waals surface area contributed by atoms with Crippen LogP contribution in [-0.2, 0) is 6.18 Å². The second-order valence-electron chi connectivity index (χ2n) is 5.08. The first-order valence-corrected chi connectivity index (χ1v) is 7.38. The van der Waals surface area contributed by atoms with Gasteiger partial charge in [-0.15, -0.1) is 0 Å². The van der Waals surface area contributed by atoms with E-state index in [0.29, 0.717) is 21.2 Å². The van der Waals surface area contributed by atoms with E-state index in [1.54, 1.807) is 24.3 Å². The summed E-state index contributed by atoms with van der Waals surface area (Å²) in [5.74, 6) is 0. The first-order valence-electron chi connectivity index (χ1n) is 6.59. The molecule has 1 nitrogen and oxygen atoms in total. The van der Waals surface area contributed by atoms with Crippen molar-refractivity contribution in [1.29, 1.82) is 0 Å². The maximum absolute atomic E-state index is 13.4. The van der Waals surface area contributed by atoms with Gasteiger partial charge in [-0.05, 0) is 31.2 Å². The molecule has 0 bridgehead atoms. The van der Waals surface area contributed by atoms with Gasteiger partial charge in [0.1, 0.15) is 0 Å². The van der Waals surface area contributed by atoms with E-state index >= 15 is 0 Å². The van der Waals surface area contributed by atoms with E-state index in [1.165, 1.54) is 6.07 Å². The summed E-state index contributed by atoms with van der Waals surface area (Å²) in [6.07, 6.45) is -4.43. The number of benzene rings is 2. The molecule has 0 aliphatic carbocycles. The third kappa shape index (κ3) is 2.86. The lowest BCUT2D eigenvalue weighted by molar-refractivity contribution is -0.136. The second kappa shape index (κ2) is 5.39. The van der Waals surface area contributed by atoms with Crippen molar-refractivity contribution >= 4 is 26.8 Å². The van der Waals surface area contributed by atoms with Gasteiger partial charge in [0.05, 0.1) is 16.8 Å². The average Bonchev–Trinajstić information content (AvgIpc) is 2.46. The number of aryl methyl sites for hydroxylation is 1. The number of halogens is 4. The van der Waals surface area contributed by atoms with E-state index in [9.17, 15) is 13.2 Å². The van der Waals surface area contributed by atoms with Gasteiger partial charge in [-0.3, -0.25) is 0 Å². The summed E-state index contributed by atoms with van der Waals surface area (Å²) in [4.78, 5) is 4.37. The molecule has 22 heavy (non-hydrogen) atoms.